The highest BCUT2D eigenvalue weighted by Crippen LogP contribution is 2.33. The molecule has 0 saturated heterocycles. The molecule has 0 aliphatic heterocycles. The number of aromatic hydroxyl groups is 1. The molecule has 0 aliphatic carbocycles. The standard InChI is InChI=1S/C12H12O4/c1-6-7(2)16-12(14)10-8(6)4-5-9(15-3)11(10)13/h4-5,13H,1-3H3. The van der Waals surface area contributed by atoms with E-state index in [4.69, 9.17) is 9.15 Å². The van der Waals surface area contributed by atoms with Gasteiger partial charge in [0.1, 0.15) is 11.1 Å². The monoisotopic (exact) mass is 220 g/mol. The maximum absolute atomic E-state index is 11.7. The minimum absolute atomic E-state index is 0.169. The maximum atomic E-state index is 11.7. The van der Waals surface area contributed by atoms with E-state index in [1.54, 1.807) is 19.1 Å². The van der Waals surface area contributed by atoms with E-state index in [9.17, 15) is 9.90 Å². The number of hydrogen-bond acceptors (Lipinski definition) is 4. The molecule has 0 amide bonds. The number of methoxy groups -OCH3 is 1. The molecule has 4 nitrogen and oxygen atoms in total. The predicted octanol–water partition coefficient (Wildman–Crippen LogP) is 2.12. The molecule has 0 spiro atoms. The first-order valence-corrected chi connectivity index (χ1v) is 4.86. The maximum Gasteiger partial charge on any atom is 0.347 e. The molecular formula is C12H12O4. The molecule has 0 fully saturated rings. The molecule has 2 rings (SSSR count). The summed E-state index contributed by atoms with van der Waals surface area (Å²) in [7, 11) is 1.43. The van der Waals surface area contributed by atoms with E-state index in [2.05, 4.69) is 0 Å². The van der Waals surface area contributed by atoms with Crippen molar-refractivity contribution in [1.82, 2.24) is 0 Å². The molecule has 0 saturated carbocycles. The summed E-state index contributed by atoms with van der Waals surface area (Å²) >= 11 is 0. The zero-order valence-corrected chi connectivity index (χ0v) is 9.33. The van der Waals surface area contributed by atoms with E-state index >= 15 is 0 Å². The Morgan fingerprint density at radius 2 is 2.00 bits per heavy atom. The number of phenols is 1. The average molecular weight is 220 g/mol. The molecule has 0 radical (unpaired) electrons. The third-order valence-corrected chi connectivity index (χ3v) is 2.74. The third-order valence-electron chi connectivity index (χ3n) is 2.74. The van der Waals surface area contributed by atoms with Crippen molar-refractivity contribution < 1.29 is 14.3 Å². The zero-order chi connectivity index (χ0) is 11.9. The van der Waals surface area contributed by atoms with Gasteiger partial charge in [0.2, 0.25) is 0 Å². The summed E-state index contributed by atoms with van der Waals surface area (Å²) in [6, 6.07) is 3.37. The van der Waals surface area contributed by atoms with Crippen molar-refractivity contribution >= 4 is 10.8 Å². The Hall–Kier alpha value is -1.97. The summed E-state index contributed by atoms with van der Waals surface area (Å²) in [6.45, 7) is 3.56. The first-order chi connectivity index (χ1) is 7.56. The largest absolute Gasteiger partial charge is 0.504 e. The Morgan fingerprint density at radius 3 is 2.62 bits per heavy atom. The fourth-order valence-electron chi connectivity index (χ4n) is 1.71. The van der Waals surface area contributed by atoms with E-state index in [-0.39, 0.29) is 16.9 Å². The van der Waals surface area contributed by atoms with Crippen molar-refractivity contribution in [2.75, 3.05) is 7.11 Å². The molecule has 4 heteroatoms. The molecule has 1 aromatic carbocycles. The summed E-state index contributed by atoms with van der Waals surface area (Å²) in [5.74, 6) is 0.655. The van der Waals surface area contributed by atoms with Crippen LogP contribution in [-0.2, 0) is 0 Å². The van der Waals surface area contributed by atoms with E-state index in [1.807, 2.05) is 6.92 Å². The third kappa shape index (κ3) is 1.34. The van der Waals surface area contributed by atoms with Crippen molar-refractivity contribution in [2.45, 2.75) is 13.8 Å². The lowest BCUT2D eigenvalue weighted by Crippen LogP contribution is -2.03. The molecule has 0 aliphatic rings. The second kappa shape index (κ2) is 3.56. The number of phenolic OH excluding ortho intramolecular Hbond substituents is 1. The van der Waals surface area contributed by atoms with Crippen molar-refractivity contribution in [3.8, 4) is 11.5 Å². The summed E-state index contributed by atoms with van der Waals surface area (Å²) in [6.07, 6.45) is 0. The van der Waals surface area contributed by atoms with Gasteiger partial charge in [-0.3, -0.25) is 0 Å². The van der Waals surface area contributed by atoms with Crippen molar-refractivity contribution in [2.24, 2.45) is 0 Å². The van der Waals surface area contributed by atoms with Gasteiger partial charge in [0.05, 0.1) is 7.11 Å². The highest BCUT2D eigenvalue weighted by molar-refractivity contribution is 5.91. The topological polar surface area (TPSA) is 59.7 Å². The van der Waals surface area contributed by atoms with Crippen LogP contribution in [0.5, 0.6) is 11.5 Å². The Labute approximate surface area is 92.1 Å². The molecule has 2 aromatic rings. The van der Waals surface area contributed by atoms with Crippen LogP contribution in [0.2, 0.25) is 0 Å². The van der Waals surface area contributed by atoms with Crippen LogP contribution in [0.15, 0.2) is 21.3 Å². The van der Waals surface area contributed by atoms with E-state index in [0.717, 1.165) is 5.56 Å². The van der Waals surface area contributed by atoms with E-state index in [1.165, 1.54) is 7.11 Å². The molecule has 0 bridgehead atoms. The van der Waals surface area contributed by atoms with Gasteiger partial charge in [0.15, 0.2) is 11.5 Å². The Balaban J connectivity index is 3.01. The molecule has 0 atom stereocenters. The van der Waals surface area contributed by atoms with Gasteiger partial charge in [0, 0.05) is 0 Å². The Bertz CT molecular complexity index is 610. The highest BCUT2D eigenvalue weighted by Gasteiger charge is 2.14. The first kappa shape index (κ1) is 10.5. The quantitative estimate of drug-likeness (QED) is 0.799. The Morgan fingerprint density at radius 1 is 1.31 bits per heavy atom. The molecular weight excluding hydrogens is 208 g/mol. The van der Waals surface area contributed by atoms with Crippen molar-refractivity contribution in [3.63, 3.8) is 0 Å². The second-order valence-electron chi connectivity index (χ2n) is 3.61. The first-order valence-electron chi connectivity index (χ1n) is 4.86. The SMILES string of the molecule is COc1ccc2c(C)c(C)oc(=O)c2c1O. The average Bonchev–Trinajstić information content (AvgIpc) is 2.25. The normalized spacial score (nSPS) is 10.7. The fraction of sp³-hybridized carbons (Fsp3) is 0.250. The number of hydrogen-bond donors (Lipinski definition) is 1. The number of benzene rings is 1. The van der Waals surface area contributed by atoms with Crippen LogP contribution in [0.25, 0.3) is 10.8 Å². The second-order valence-corrected chi connectivity index (χ2v) is 3.61. The fourth-order valence-corrected chi connectivity index (χ4v) is 1.71. The van der Waals surface area contributed by atoms with Crippen LogP contribution in [0.1, 0.15) is 11.3 Å². The zero-order valence-electron chi connectivity index (χ0n) is 9.33. The van der Waals surface area contributed by atoms with Crippen LogP contribution in [-0.4, -0.2) is 12.2 Å². The minimum atomic E-state index is -0.547. The van der Waals surface area contributed by atoms with Gasteiger partial charge in [-0.15, -0.1) is 0 Å². The van der Waals surface area contributed by atoms with E-state index in [0.29, 0.717) is 11.1 Å². The van der Waals surface area contributed by atoms with Crippen LogP contribution in [0.4, 0.5) is 0 Å². The summed E-state index contributed by atoms with van der Waals surface area (Å²) in [5.41, 5.74) is 0.294. The smallest absolute Gasteiger partial charge is 0.347 e. The van der Waals surface area contributed by atoms with Gasteiger partial charge in [-0.05, 0) is 36.9 Å². The predicted molar refractivity (Wildman–Crippen MR) is 60.2 cm³/mol. The van der Waals surface area contributed by atoms with Crippen molar-refractivity contribution in [1.29, 1.82) is 0 Å². The molecule has 0 unspecified atom stereocenters. The van der Waals surface area contributed by atoms with Crippen LogP contribution < -0.4 is 10.4 Å². The molecule has 1 N–H and O–H groups in total. The van der Waals surface area contributed by atoms with Gasteiger partial charge in [-0.1, -0.05) is 0 Å². The van der Waals surface area contributed by atoms with Gasteiger partial charge in [-0.2, -0.15) is 0 Å². The number of ether oxygens (including phenoxy) is 1. The van der Waals surface area contributed by atoms with Gasteiger partial charge in [-0.25, -0.2) is 4.79 Å². The minimum Gasteiger partial charge on any atom is -0.504 e. The molecule has 1 aromatic heterocycles. The lowest BCUT2D eigenvalue weighted by molar-refractivity contribution is 0.375. The summed E-state index contributed by atoms with van der Waals surface area (Å²) in [5, 5.41) is 10.7. The van der Waals surface area contributed by atoms with Crippen LogP contribution >= 0.6 is 0 Å². The van der Waals surface area contributed by atoms with Gasteiger partial charge < -0.3 is 14.3 Å². The lowest BCUT2D eigenvalue weighted by atomic mass is 10.1. The molecule has 84 valence electrons. The van der Waals surface area contributed by atoms with Crippen molar-refractivity contribution in [3.05, 3.63) is 33.9 Å². The van der Waals surface area contributed by atoms with E-state index < -0.39 is 5.63 Å². The molecule has 1 heterocycles. The number of aryl methyl sites for hydroxylation is 2. The highest BCUT2D eigenvalue weighted by atomic mass is 16.5. The Kier molecular flexibility index (Phi) is 2.34. The van der Waals surface area contributed by atoms with Gasteiger partial charge >= 0.3 is 5.63 Å². The molecule has 16 heavy (non-hydrogen) atoms. The summed E-state index contributed by atoms with van der Waals surface area (Å²) < 4.78 is 9.98. The van der Waals surface area contributed by atoms with Gasteiger partial charge in [0.25, 0.3) is 0 Å². The summed E-state index contributed by atoms with van der Waals surface area (Å²) in [4.78, 5) is 11.7. The number of rotatable bonds is 1. The number of fused-ring (bicyclic) bond motifs is 1. The van der Waals surface area contributed by atoms with Crippen LogP contribution in [0, 0.1) is 13.8 Å². The lowest BCUT2D eigenvalue weighted by Gasteiger charge is -2.08. The van der Waals surface area contributed by atoms with Crippen LogP contribution in [0.3, 0.4) is 0 Å².